The van der Waals surface area contributed by atoms with Crippen molar-refractivity contribution in [2.75, 3.05) is 7.11 Å². The van der Waals surface area contributed by atoms with E-state index in [9.17, 15) is 5.11 Å². The SMILES string of the molecule is COc1cccc(-c2csc(C(C)(C)O)n2)c1. The largest absolute Gasteiger partial charge is 0.497 e. The molecule has 0 spiro atoms. The number of aliphatic hydroxyl groups is 1. The van der Waals surface area contributed by atoms with Gasteiger partial charge in [0, 0.05) is 10.9 Å². The monoisotopic (exact) mass is 249 g/mol. The predicted molar refractivity (Wildman–Crippen MR) is 69.3 cm³/mol. The van der Waals surface area contributed by atoms with Crippen LogP contribution in [-0.2, 0) is 5.60 Å². The summed E-state index contributed by atoms with van der Waals surface area (Å²) in [6.45, 7) is 3.47. The summed E-state index contributed by atoms with van der Waals surface area (Å²) in [5.74, 6) is 0.806. The number of thiazole rings is 1. The Kier molecular flexibility index (Phi) is 3.17. The Bertz CT molecular complexity index is 514. The standard InChI is InChI=1S/C13H15NO2S/c1-13(2,15)12-14-11(8-17-12)9-5-4-6-10(7-9)16-3/h4-8,15H,1-3H3. The van der Waals surface area contributed by atoms with Gasteiger partial charge in [-0.2, -0.15) is 0 Å². The summed E-state index contributed by atoms with van der Waals surface area (Å²) in [6.07, 6.45) is 0. The Morgan fingerprint density at radius 1 is 1.35 bits per heavy atom. The van der Waals surface area contributed by atoms with Crippen LogP contribution in [0.4, 0.5) is 0 Å². The van der Waals surface area contributed by atoms with E-state index in [4.69, 9.17) is 4.74 Å². The van der Waals surface area contributed by atoms with E-state index in [0.717, 1.165) is 22.0 Å². The van der Waals surface area contributed by atoms with E-state index in [-0.39, 0.29) is 0 Å². The molecule has 0 aliphatic rings. The molecule has 3 nitrogen and oxygen atoms in total. The number of ether oxygens (including phenoxy) is 1. The van der Waals surface area contributed by atoms with Gasteiger partial charge in [0.05, 0.1) is 12.8 Å². The third-order valence-electron chi connectivity index (χ3n) is 2.39. The van der Waals surface area contributed by atoms with Crippen LogP contribution >= 0.6 is 11.3 Å². The van der Waals surface area contributed by atoms with Crippen molar-refractivity contribution >= 4 is 11.3 Å². The number of nitrogens with zero attached hydrogens (tertiary/aromatic N) is 1. The number of hydrogen-bond donors (Lipinski definition) is 1. The van der Waals surface area contributed by atoms with E-state index in [1.165, 1.54) is 11.3 Å². The van der Waals surface area contributed by atoms with Crippen LogP contribution < -0.4 is 4.74 Å². The number of aromatic nitrogens is 1. The number of methoxy groups -OCH3 is 1. The third-order valence-corrected chi connectivity index (χ3v) is 3.55. The van der Waals surface area contributed by atoms with Gasteiger partial charge in [-0.15, -0.1) is 11.3 Å². The molecule has 2 rings (SSSR count). The maximum absolute atomic E-state index is 9.87. The lowest BCUT2D eigenvalue weighted by Crippen LogP contribution is -2.14. The Morgan fingerprint density at radius 2 is 2.12 bits per heavy atom. The van der Waals surface area contributed by atoms with Gasteiger partial charge in [-0.25, -0.2) is 4.98 Å². The van der Waals surface area contributed by atoms with Gasteiger partial charge in [0.15, 0.2) is 0 Å². The zero-order valence-electron chi connectivity index (χ0n) is 10.1. The summed E-state index contributed by atoms with van der Waals surface area (Å²) in [6, 6.07) is 7.74. The first-order valence-corrected chi connectivity index (χ1v) is 6.21. The van der Waals surface area contributed by atoms with Gasteiger partial charge in [0.2, 0.25) is 0 Å². The summed E-state index contributed by atoms with van der Waals surface area (Å²) in [7, 11) is 1.64. The number of benzene rings is 1. The third kappa shape index (κ3) is 2.65. The minimum atomic E-state index is -0.887. The fraction of sp³-hybridized carbons (Fsp3) is 0.308. The van der Waals surface area contributed by atoms with E-state index < -0.39 is 5.60 Å². The molecule has 0 fully saturated rings. The van der Waals surface area contributed by atoms with Crippen LogP contribution in [0.25, 0.3) is 11.3 Å². The highest BCUT2D eigenvalue weighted by Gasteiger charge is 2.20. The molecule has 1 aromatic heterocycles. The second kappa shape index (κ2) is 4.47. The average molecular weight is 249 g/mol. The molecule has 0 aliphatic heterocycles. The zero-order chi connectivity index (χ0) is 12.5. The topological polar surface area (TPSA) is 42.4 Å². The maximum Gasteiger partial charge on any atom is 0.124 e. The van der Waals surface area contributed by atoms with Gasteiger partial charge < -0.3 is 9.84 Å². The normalized spacial score (nSPS) is 11.5. The minimum absolute atomic E-state index is 0.718. The molecule has 0 amide bonds. The van der Waals surface area contributed by atoms with Crippen LogP contribution in [0.3, 0.4) is 0 Å². The molecule has 1 N–H and O–H groups in total. The van der Waals surface area contributed by atoms with Crippen molar-refractivity contribution in [2.24, 2.45) is 0 Å². The fourth-order valence-corrected chi connectivity index (χ4v) is 2.32. The van der Waals surface area contributed by atoms with E-state index in [1.54, 1.807) is 21.0 Å². The lowest BCUT2D eigenvalue weighted by Gasteiger charge is -2.12. The molecular formula is C13H15NO2S. The Balaban J connectivity index is 2.37. The summed E-state index contributed by atoms with van der Waals surface area (Å²) in [4.78, 5) is 4.44. The average Bonchev–Trinajstić information content (AvgIpc) is 2.78. The van der Waals surface area contributed by atoms with Crippen LogP contribution in [0.1, 0.15) is 18.9 Å². The lowest BCUT2D eigenvalue weighted by atomic mass is 10.1. The van der Waals surface area contributed by atoms with Crippen LogP contribution in [-0.4, -0.2) is 17.2 Å². The molecule has 0 aliphatic carbocycles. The van der Waals surface area contributed by atoms with Gasteiger partial charge >= 0.3 is 0 Å². The maximum atomic E-state index is 9.87. The first kappa shape index (κ1) is 12.1. The molecule has 4 heteroatoms. The van der Waals surface area contributed by atoms with Gasteiger partial charge in [-0.3, -0.25) is 0 Å². The van der Waals surface area contributed by atoms with Gasteiger partial charge in [-0.1, -0.05) is 12.1 Å². The predicted octanol–water partition coefficient (Wildman–Crippen LogP) is 3.05. The minimum Gasteiger partial charge on any atom is -0.497 e. The molecular weight excluding hydrogens is 234 g/mol. The van der Waals surface area contributed by atoms with Crippen molar-refractivity contribution in [1.82, 2.24) is 4.98 Å². The molecule has 0 atom stereocenters. The van der Waals surface area contributed by atoms with Crippen LogP contribution in [0, 0.1) is 0 Å². The van der Waals surface area contributed by atoms with E-state index in [1.807, 2.05) is 29.6 Å². The Hall–Kier alpha value is -1.39. The molecule has 17 heavy (non-hydrogen) atoms. The molecule has 2 aromatic rings. The van der Waals surface area contributed by atoms with Gasteiger partial charge in [0.25, 0.3) is 0 Å². The lowest BCUT2D eigenvalue weighted by molar-refractivity contribution is 0.0783. The molecule has 0 saturated carbocycles. The van der Waals surface area contributed by atoms with Gasteiger partial charge in [0.1, 0.15) is 16.4 Å². The fourth-order valence-electron chi connectivity index (χ4n) is 1.47. The van der Waals surface area contributed by atoms with Crippen molar-refractivity contribution in [1.29, 1.82) is 0 Å². The van der Waals surface area contributed by atoms with Crippen molar-refractivity contribution < 1.29 is 9.84 Å². The first-order valence-electron chi connectivity index (χ1n) is 5.33. The van der Waals surface area contributed by atoms with Crippen LogP contribution in [0.15, 0.2) is 29.6 Å². The molecule has 0 unspecified atom stereocenters. The molecule has 1 aromatic carbocycles. The highest BCUT2D eigenvalue weighted by molar-refractivity contribution is 7.10. The van der Waals surface area contributed by atoms with Crippen LogP contribution in [0.5, 0.6) is 5.75 Å². The van der Waals surface area contributed by atoms with Crippen molar-refractivity contribution in [3.05, 3.63) is 34.7 Å². The summed E-state index contributed by atoms with van der Waals surface area (Å²) >= 11 is 1.46. The zero-order valence-corrected chi connectivity index (χ0v) is 10.9. The highest BCUT2D eigenvalue weighted by atomic mass is 32.1. The second-order valence-electron chi connectivity index (χ2n) is 4.33. The number of hydrogen-bond acceptors (Lipinski definition) is 4. The van der Waals surface area contributed by atoms with Crippen molar-refractivity contribution in [3.63, 3.8) is 0 Å². The number of rotatable bonds is 3. The van der Waals surface area contributed by atoms with E-state index in [2.05, 4.69) is 4.98 Å². The molecule has 0 radical (unpaired) electrons. The second-order valence-corrected chi connectivity index (χ2v) is 5.19. The summed E-state index contributed by atoms with van der Waals surface area (Å²) in [5.41, 5.74) is 0.976. The smallest absolute Gasteiger partial charge is 0.124 e. The summed E-state index contributed by atoms with van der Waals surface area (Å²) < 4.78 is 5.18. The molecule has 1 heterocycles. The first-order chi connectivity index (χ1) is 8.00. The highest BCUT2D eigenvalue weighted by Crippen LogP contribution is 2.29. The van der Waals surface area contributed by atoms with Crippen LogP contribution in [0.2, 0.25) is 0 Å². The molecule has 0 saturated heterocycles. The van der Waals surface area contributed by atoms with Crippen molar-refractivity contribution in [2.45, 2.75) is 19.4 Å². The quantitative estimate of drug-likeness (QED) is 0.909. The Labute approximate surface area is 105 Å². The Morgan fingerprint density at radius 3 is 2.71 bits per heavy atom. The van der Waals surface area contributed by atoms with E-state index >= 15 is 0 Å². The molecule has 90 valence electrons. The summed E-state index contributed by atoms with van der Waals surface area (Å²) in [5, 5.41) is 12.5. The molecule has 0 bridgehead atoms. The van der Waals surface area contributed by atoms with E-state index in [0.29, 0.717) is 0 Å². The van der Waals surface area contributed by atoms with Gasteiger partial charge in [-0.05, 0) is 26.0 Å². The van der Waals surface area contributed by atoms with Crippen molar-refractivity contribution in [3.8, 4) is 17.0 Å².